The molecule has 1 aliphatic heterocycles. The predicted molar refractivity (Wildman–Crippen MR) is 109 cm³/mol. The van der Waals surface area contributed by atoms with Gasteiger partial charge in [0.2, 0.25) is 10.0 Å². The van der Waals surface area contributed by atoms with Crippen LogP contribution in [0.4, 0.5) is 11.4 Å². The Balaban J connectivity index is 1.77. The fourth-order valence-corrected chi connectivity index (χ4v) is 3.73. The lowest BCUT2D eigenvalue weighted by atomic mass is 10.1. The number of aryl methyl sites for hydroxylation is 1. The molecule has 148 valence electrons. The van der Waals surface area contributed by atoms with Gasteiger partial charge in [0.15, 0.2) is 6.10 Å². The molecule has 2 aromatic carbocycles. The molecule has 0 radical (unpaired) electrons. The Kier molecular flexibility index (Phi) is 5.60. The van der Waals surface area contributed by atoms with E-state index in [1.807, 2.05) is 13.0 Å². The first-order valence-electron chi connectivity index (χ1n) is 8.67. The van der Waals surface area contributed by atoms with E-state index < -0.39 is 22.0 Å². The van der Waals surface area contributed by atoms with Crippen molar-refractivity contribution in [3.8, 4) is 11.5 Å². The Morgan fingerprint density at radius 1 is 1.32 bits per heavy atom. The van der Waals surface area contributed by atoms with Crippen molar-refractivity contribution in [1.29, 1.82) is 0 Å². The molecule has 0 bridgehead atoms. The smallest absolute Gasteiger partial charge is 0.267 e. The first kappa shape index (κ1) is 19.8. The molecule has 1 N–H and O–H groups in total. The standard InChI is InChI=1S/C20H22N2O5S/c1-4-11-26-16-8-6-15(7-9-16)21-20(23)19-13-22(28(3,24)25)17-12-14(2)5-10-18(17)27-19/h4-10,12,19H,1,11,13H2,2-3H3,(H,21,23). The Hall–Kier alpha value is -3.00. The zero-order valence-corrected chi connectivity index (χ0v) is 16.5. The Labute approximate surface area is 164 Å². The molecule has 2 aromatic rings. The van der Waals surface area contributed by atoms with E-state index in [-0.39, 0.29) is 6.54 Å². The van der Waals surface area contributed by atoms with Gasteiger partial charge in [0.25, 0.3) is 5.91 Å². The lowest BCUT2D eigenvalue weighted by molar-refractivity contribution is -0.122. The summed E-state index contributed by atoms with van der Waals surface area (Å²) >= 11 is 0. The van der Waals surface area contributed by atoms with Gasteiger partial charge in [0.05, 0.1) is 18.5 Å². The summed E-state index contributed by atoms with van der Waals surface area (Å²) in [6, 6.07) is 12.1. The van der Waals surface area contributed by atoms with E-state index in [4.69, 9.17) is 9.47 Å². The van der Waals surface area contributed by atoms with Crippen LogP contribution in [0.25, 0.3) is 0 Å². The summed E-state index contributed by atoms with van der Waals surface area (Å²) in [7, 11) is -3.56. The number of carbonyl (C=O) groups excluding carboxylic acids is 1. The summed E-state index contributed by atoms with van der Waals surface area (Å²) in [5.41, 5.74) is 1.90. The number of anilines is 2. The minimum absolute atomic E-state index is 0.0956. The Morgan fingerprint density at radius 2 is 2.04 bits per heavy atom. The monoisotopic (exact) mass is 402 g/mol. The molecule has 1 unspecified atom stereocenters. The number of hydrogen-bond acceptors (Lipinski definition) is 5. The van der Waals surface area contributed by atoms with Gasteiger partial charge >= 0.3 is 0 Å². The molecule has 1 amide bonds. The van der Waals surface area contributed by atoms with Crippen molar-refractivity contribution < 1.29 is 22.7 Å². The third kappa shape index (κ3) is 4.45. The highest BCUT2D eigenvalue weighted by atomic mass is 32.2. The molecular formula is C20H22N2O5S. The topological polar surface area (TPSA) is 84.9 Å². The largest absolute Gasteiger partial charge is 0.490 e. The van der Waals surface area contributed by atoms with E-state index in [1.54, 1.807) is 42.5 Å². The van der Waals surface area contributed by atoms with Crippen LogP contribution in [0, 0.1) is 6.92 Å². The van der Waals surface area contributed by atoms with Crippen molar-refractivity contribution in [2.24, 2.45) is 0 Å². The van der Waals surface area contributed by atoms with Crippen LogP contribution in [-0.4, -0.2) is 39.8 Å². The zero-order chi connectivity index (χ0) is 20.3. The average Bonchev–Trinajstić information content (AvgIpc) is 2.65. The van der Waals surface area contributed by atoms with E-state index in [2.05, 4.69) is 11.9 Å². The molecule has 3 rings (SSSR count). The third-order valence-electron chi connectivity index (χ3n) is 4.17. The molecule has 28 heavy (non-hydrogen) atoms. The number of rotatable bonds is 6. The van der Waals surface area contributed by atoms with E-state index in [0.717, 1.165) is 11.8 Å². The number of nitrogens with one attached hydrogen (secondary N) is 1. The second-order valence-corrected chi connectivity index (χ2v) is 8.39. The summed E-state index contributed by atoms with van der Waals surface area (Å²) in [4.78, 5) is 12.7. The maximum atomic E-state index is 12.7. The van der Waals surface area contributed by atoms with E-state index in [1.165, 1.54) is 4.31 Å². The molecule has 0 aliphatic carbocycles. The van der Waals surface area contributed by atoms with Crippen LogP contribution in [0.5, 0.6) is 11.5 Å². The summed E-state index contributed by atoms with van der Waals surface area (Å²) in [6.07, 6.45) is 1.78. The van der Waals surface area contributed by atoms with E-state index >= 15 is 0 Å². The van der Waals surface area contributed by atoms with Crippen LogP contribution < -0.4 is 19.1 Å². The van der Waals surface area contributed by atoms with Gasteiger partial charge in [-0.2, -0.15) is 0 Å². The molecule has 0 saturated carbocycles. The third-order valence-corrected chi connectivity index (χ3v) is 5.31. The molecule has 0 spiro atoms. The number of amides is 1. The highest BCUT2D eigenvalue weighted by molar-refractivity contribution is 7.92. The van der Waals surface area contributed by atoms with Crippen molar-refractivity contribution in [1.82, 2.24) is 0 Å². The highest BCUT2D eigenvalue weighted by Gasteiger charge is 2.35. The summed E-state index contributed by atoms with van der Waals surface area (Å²) in [6.45, 7) is 5.74. The van der Waals surface area contributed by atoms with Gasteiger partial charge in [0, 0.05) is 5.69 Å². The fraction of sp³-hybridized carbons (Fsp3) is 0.250. The van der Waals surface area contributed by atoms with Crippen LogP contribution in [0.3, 0.4) is 0 Å². The van der Waals surface area contributed by atoms with Gasteiger partial charge in [-0.3, -0.25) is 9.10 Å². The number of nitrogens with zero attached hydrogens (tertiary/aromatic N) is 1. The van der Waals surface area contributed by atoms with E-state index in [9.17, 15) is 13.2 Å². The van der Waals surface area contributed by atoms with Crippen LogP contribution in [-0.2, 0) is 14.8 Å². The van der Waals surface area contributed by atoms with Crippen molar-refractivity contribution in [2.75, 3.05) is 29.0 Å². The van der Waals surface area contributed by atoms with Crippen LogP contribution in [0.2, 0.25) is 0 Å². The molecule has 0 aromatic heterocycles. The first-order chi connectivity index (χ1) is 13.3. The predicted octanol–water partition coefficient (Wildman–Crippen LogP) is 2.73. The molecule has 0 saturated heterocycles. The van der Waals surface area contributed by atoms with Crippen molar-refractivity contribution in [3.63, 3.8) is 0 Å². The maximum absolute atomic E-state index is 12.7. The van der Waals surface area contributed by atoms with Crippen LogP contribution in [0.15, 0.2) is 55.1 Å². The lowest BCUT2D eigenvalue weighted by Crippen LogP contribution is -2.48. The van der Waals surface area contributed by atoms with Gasteiger partial charge in [-0.25, -0.2) is 8.42 Å². The average molecular weight is 402 g/mol. The maximum Gasteiger partial charge on any atom is 0.267 e. The minimum Gasteiger partial charge on any atom is -0.490 e. The van der Waals surface area contributed by atoms with Crippen LogP contribution in [0.1, 0.15) is 5.56 Å². The SMILES string of the molecule is C=CCOc1ccc(NC(=O)C2CN(S(C)(=O)=O)c3cc(C)ccc3O2)cc1. The fourth-order valence-electron chi connectivity index (χ4n) is 2.82. The number of hydrogen-bond donors (Lipinski definition) is 1. The second-order valence-electron chi connectivity index (χ2n) is 6.49. The molecular weight excluding hydrogens is 380 g/mol. The molecule has 8 heteroatoms. The Bertz CT molecular complexity index is 986. The normalized spacial score (nSPS) is 15.9. The van der Waals surface area contributed by atoms with Gasteiger partial charge in [-0.05, 0) is 48.9 Å². The first-order valence-corrected chi connectivity index (χ1v) is 10.5. The van der Waals surface area contributed by atoms with Crippen molar-refractivity contribution >= 4 is 27.3 Å². The Morgan fingerprint density at radius 3 is 2.68 bits per heavy atom. The van der Waals surface area contributed by atoms with Gasteiger partial charge in [0.1, 0.15) is 18.1 Å². The minimum atomic E-state index is -3.56. The molecule has 1 heterocycles. The molecule has 7 nitrogen and oxygen atoms in total. The van der Waals surface area contributed by atoms with Crippen molar-refractivity contribution in [3.05, 3.63) is 60.7 Å². The number of benzene rings is 2. The molecule has 0 fully saturated rings. The van der Waals surface area contributed by atoms with Gasteiger partial charge in [-0.15, -0.1) is 0 Å². The summed E-state index contributed by atoms with van der Waals surface area (Å²) in [5.74, 6) is 0.578. The quantitative estimate of drug-likeness (QED) is 0.751. The summed E-state index contributed by atoms with van der Waals surface area (Å²) < 4.78 is 36.8. The van der Waals surface area contributed by atoms with Gasteiger partial charge in [-0.1, -0.05) is 18.7 Å². The lowest BCUT2D eigenvalue weighted by Gasteiger charge is -2.34. The number of carbonyl (C=O) groups is 1. The summed E-state index contributed by atoms with van der Waals surface area (Å²) in [5, 5.41) is 2.75. The zero-order valence-electron chi connectivity index (χ0n) is 15.7. The van der Waals surface area contributed by atoms with E-state index in [0.29, 0.717) is 29.5 Å². The highest BCUT2D eigenvalue weighted by Crippen LogP contribution is 2.36. The van der Waals surface area contributed by atoms with Crippen molar-refractivity contribution in [2.45, 2.75) is 13.0 Å². The second kappa shape index (κ2) is 7.93. The molecule has 1 aliphatic rings. The van der Waals surface area contributed by atoms with Gasteiger partial charge < -0.3 is 14.8 Å². The molecule has 1 atom stereocenters. The number of sulfonamides is 1. The van der Waals surface area contributed by atoms with Crippen LogP contribution >= 0.6 is 0 Å². The number of ether oxygens (including phenoxy) is 2. The number of fused-ring (bicyclic) bond motifs is 1.